The van der Waals surface area contributed by atoms with Gasteiger partial charge in [-0.05, 0) is 26.0 Å². The van der Waals surface area contributed by atoms with Crippen LogP contribution in [-0.2, 0) is 18.9 Å². The molecule has 9 nitrogen and oxygen atoms in total. The molecule has 27 heavy (non-hydrogen) atoms. The monoisotopic (exact) mass is 369 g/mol. The fourth-order valence-corrected chi connectivity index (χ4v) is 2.85. The van der Waals surface area contributed by atoms with Gasteiger partial charge in [0.15, 0.2) is 16.9 Å². The van der Waals surface area contributed by atoms with Crippen molar-refractivity contribution in [3.8, 4) is 0 Å². The van der Waals surface area contributed by atoms with E-state index in [1.807, 2.05) is 0 Å². The van der Waals surface area contributed by atoms with Crippen molar-refractivity contribution in [1.82, 2.24) is 18.7 Å². The number of rotatable bonds is 4. The molecule has 0 saturated carbocycles. The zero-order valence-corrected chi connectivity index (χ0v) is 15.4. The second-order valence-electron chi connectivity index (χ2n) is 6.33. The van der Waals surface area contributed by atoms with Gasteiger partial charge >= 0.3 is 5.69 Å². The van der Waals surface area contributed by atoms with Gasteiger partial charge in [-0.2, -0.15) is 0 Å². The Labute approximate surface area is 153 Å². The standard InChI is InChI=1S/C18H19N5O4/c1-10(16(25)20-13-7-5-6-12(8-13)11(2)24)23-9-19-15-14(23)17(26)22(4)18(27)21(15)3/h5-10H,1-4H3,(H,20,25)/t10-/m0/s1. The van der Waals surface area contributed by atoms with Crippen LogP contribution in [0.1, 0.15) is 30.2 Å². The van der Waals surface area contributed by atoms with Crippen molar-refractivity contribution in [2.24, 2.45) is 14.1 Å². The SMILES string of the molecule is CC(=O)c1cccc(NC(=O)[C@H](C)n2cnc3c2c(=O)n(C)c(=O)n3C)c1. The second-order valence-corrected chi connectivity index (χ2v) is 6.33. The van der Waals surface area contributed by atoms with Crippen molar-refractivity contribution in [1.29, 1.82) is 0 Å². The van der Waals surface area contributed by atoms with Crippen molar-refractivity contribution >= 4 is 28.5 Å². The summed E-state index contributed by atoms with van der Waals surface area (Å²) in [7, 11) is 2.89. The van der Waals surface area contributed by atoms with E-state index >= 15 is 0 Å². The van der Waals surface area contributed by atoms with Gasteiger partial charge in [-0.25, -0.2) is 9.78 Å². The molecule has 2 heterocycles. The van der Waals surface area contributed by atoms with Crippen molar-refractivity contribution in [2.45, 2.75) is 19.9 Å². The van der Waals surface area contributed by atoms with E-state index in [0.717, 1.165) is 4.57 Å². The van der Waals surface area contributed by atoms with E-state index in [2.05, 4.69) is 10.3 Å². The first-order valence-electron chi connectivity index (χ1n) is 8.26. The molecule has 1 aromatic carbocycles. The highest BCUT2D eigenvalue weighted by molar-refractivity contribution is 5.98. The Bertz CT molecular complexity index is 1180. The number of nitrogens with one attached hydrogen (secondary N) is 1. The highest BCUT2D eigenvalue weighted by Gasteiger charge is 2.22. The number of aryl methyl sites for hydroxylation is 1. The van der Waals surface area contributed by atoms with Crippen LogP contribution in [0.5, 0.6) is 0 Å². The number of hydrogen-bond donors (Lipinski definition) is 1. The third-order valence-corrected chi connectivity index (χ3v) is 4.51. The van der Waals surface area contributed by atoms with Crippen LogP contribution < -0.4 is 16.6 Å². The predicted molar refractivity (Wildman–Crippen MR) is 100 cm³/mol. The highest BCUT2D eigenvalue weighted by Crippen LogP contribution is 2.17. The van der Waals surface area contributed by atoms with Gasteiger partial charge < -0.3 is 9.88 Å². The Hall–Kier alpha value is -3.49. The molecule has 1 N–H and O–H groups in total. The van der Waals surface area contributed by atoms with Crippen LogP contribution in [-0.4, -0.2) is 30.4 Å². The lowest BCUT2D eigenvalue weighted by molar-refractivity contribution is -0.118. The molecule has 0 aliphatic carbocycles. The van der Waals surface area contributed by atoms with E-state index in [1.165, 1.54) is 36.5 Å². The molecule has 0 aliphatic heterocycles. The van der Waals surface area contributed by atoms with Gasteiger partial charge in [-0.15, -0.1) is 0 Å². The number of carbonyl (C=O) groups excluding carboxylic acids is 2. The number of nitrogens with zero attached hydrogens (tertiary/aromatic N) is 4. The van der Waals surface area contributed by atoms with Crippen molar-refractivity contribution in [3.63, 3.8) is 0 Å². The maximum atomic E-state index is 12.7. The number of hydrogen-bond acceptors (Lipinski definition) is 5. The zero-order chi connectivity index (χ0) is 19.9. The first-order valence-corrected chi connectivity index (χ1v) is 8.26. The number of Topliss-reactive ketones (excluding diaryl/α,β-unsaturated/α-hetero) is 1. The number of ketones is 1. The van der Waals surface area contributed by atoms with E-state index in [1.54, 1.807) is 31.2 Å². The first kappa shape index (κ1) is 18.3. The van der Waals surface area contributed by atoms with Gasteiger partial charge in [-0.1, -0.05) is 12.1 Å². The molecule has 0 spiro atoms. The number of carbonyl (C=O) groups is 2. The Balaban J connectivity index is 1.99. The maximum Gasteiger partial charge on any atom is 0.332 e. The summed E-state index contributed by atoms with van der Waals surface area (Å²) < 4.78 is 3.66. The Kier molecular flexibility index (Phi) is 4.52. The average Bonchev–Trinajstić information content (AvgIpc) is 3.09. The summed E-state index contributed by atoms with van der Waals surface area (Å²) in [4.78, 5) is 52.8. The molecule has 0 bridgehead atoms. The second kappa shape index (κ2) is 6.67. The van der Waals surface area contributed by atoms with Gasteiger partial charge in [0, 0.05) is 25.3 Å². The smallest absolute Gasteiger partial charge is 0.324 e. The molecule has 3 aromatic rings. The van der Waals surface area contributed by atoms with Crippen LogP contribution in [0, 0.1) is 0 Å². The quantitative estimate of drug-likeness (QED) is 0.686. The lowest BCUT2D eigenvalue weighted by Crippen LogP contribution is -2.38. The van der Waals surface area contributed by atoms with Crippen LogP contribution in [0.3, 0.4) is 0 Å². The van der Waals surface area contributed by atoms with E-state index in [9.17, 15) is 19.2 Å². The van der Waals surface area contributed by atoms with Crippen LogP contribution in [0.4, 0.5) is 5.69 Å². The molecule has 2 aromatic heterocycles. The van der Waals surface area contributed by atoms with Crippen LogP contribution in [0.15, 0.2) is 40.2 Å². The normalized spacial score (nSPS) is 12.1. The third-order valence-electron chi connectivity index (χ3n) is 4.51. The summed E-state index contributed by atoms with van der Waals surface area (Å²) in [5, 5.41) is 2.73. The summed E-state index contributed by atoms with van der Waals surface area (Å²) in [6.07, 6.45) is 1.36. The molecule has 140 valence electrons. The third kappa shape index (κ3) is 3.07. The van der Waals surface area contributed by atoms with Gasteiger partial charge in [-0.3, -0.25) is 23.5 Å². The molecular formula is C18H19N5O4. The molecule has 0 unspecified atom stereocenters. The van der Waals surface area contributed by atoms with E-state index < -0.39 is 17.3 Å². The van der Waals surface area contributed by atoms with E-state index in [-0.39, 0.29) is 22.9 Å². The molecule has 0 aliphatic rings. The summed E-state index contributed by atoms with van der Waals surface area (Å²) in [5.41, 5.74) is 0.322. The lowest BCUT2D eigenvalue weighted by Gasteiger charge is -2.15. The van der Waals surface area contributed by atoms with Crippen molar-refractivity contribution < 1.29 is 9.59 Å². The Morgan fingerprint density at radius 2 is 1.85 bits per heavy atom. The minimum absolute atomic E-state index is 0.107. The summed E-state index contributed by atoms with van der Waals surface area (Å²) in [6.45, 7) is 3.07. The van der Waals surface area contributed by atoms with E-state index in [4.69, 9.17) is 0 Å². The predicted octanol–water partition coefficient (Wildman–Crippen LogP) is 0.836. The largest absolute Gasteiger partial charge is 0.332 e. The number of amides is 1. The summed E-state index contributed by atoms with van der Waals surface area (Å²) >= 11 is 0. The molecule has 0 radical (unpaired) electrons. The summed E-state index contributed by atoms with van der Waals surface area (Å²) in [5.74, 6) is -0.491. The fraction of sp³-hybridized carbons (Fsp3) is 0.278. The average molecular weight is 369 g/mol. The number of imidazole rings is 1. The van der Waals surface area contributed by atoms with Gasteiger partial charge in [0.25, 0.3) is 5.56 Å². The van der Waals surface area contributed by atoms with Gasteiger partial charge in [0.1, 0.15) is 6.04 Å². The molecular weight excluding hydrogens is 350 g/mol. The number of anilines is 1. The van der Waals surface area contributed by atoms with E-state index in [0.29, 0.717) is 11.3 Å². The fourth-order valence-electron chi connectivity index (χ4n) is 2.85. The topological polar surface area (TPSA) is 108 Å². The molecule has 9 heteroatoms. The maximum absolute atomic E-state index is 12.7. The van der Waals surface area contributed by atoms with Gasteiger partial charge in [0.05, 0.1) is 6.33 Å². The Morgan fingerprint density at radius 1 is 1.15 bits per heavy atom. The number of fused-ring (bicyclic) bond motifs is 1. The Morgan fingerprint density at radius 3 is 2.52 bits per heavy atom. The number of aromatic nitrogens is 4. The molecule has 0 saturated heterocycles. The van der Waals surface area contributed by atoms with Crippen molar-refractivity contribution in [2.75, 3.05) is 5.32 Å². The lowest BCUT2D eigenvalue weighted by atomic mass is 10.1. The molecule has 0 fully saturated rings. The highest BCUT2D eigenvalue weighted by atomic mass is 16.2. The van der Waals surface area contributed by atoms with Crippen LogP contribution >= 0.6 is 0 Å². The minimum atomic E-state index is -0.763. The van der Waals surface area contributed by atoms with Crippen LogP contribution in [0.2, 0.25) is 0 Å². The molecule has 3 rings (SSSR count). The zero-order valence-electron chi connectivity index (χ0n) is 15.4. The molecule has 1 amide bonds. The van der Waals surface area contributed by atoms with Gasteiger partial charge in [0.2, 0.25) is 5.91 Å². The minimum Gasteiger partial charge on any atom is -0.324 e. The van der Waals surface area contributed by atoms with Crippen molar-refractivity contribution in [3.05, 3.63) is 57.0 Å². The summed E-state index contributed by atoms with van der Waals surface area (Å²) in [6, 6.07) is 5.83. The molecule has 1 atom stereocenters. The number of benzene rings is 1. The first-order chi connectivity index (χ1) is 12.7. The van der Waals surface area contributed by atoms with Crippen LogP contribution in [0.25, 0.3) is 11.2 Å².